The molecule has 0 spiro atoms. The zero-order valence-corrected chi connectivity index (χ0v) is 39.4. The lowest BCUT2D eigenvalue weighted by Crippen LogP contribution is -2.02. The molecular formula is C57H50O15. The van der Waals surface area contributed by atoms with Crippen LogP contribution in [0.15, 0.2) is 182 Å². The van der Waals surface area contributed by atoms with Crippen LogP contribution < -0.4 is 18.9 Å². The van der Waals surface area contributed by atoms with Crippen LogP contribution in [0.1, 0.15) is 63.7 Å². The summed E-state index contributed by atoms with van der Waals surface area (Å²) in [5.41, 5.74) is 2.19. The van der Waals surface area contributed by atoms with E-state index in [-0.39, 0.29) is 79.4 Å². The average Bonchev–Trinajstić information content (AvgIpc) is 3.41. The Labute approximate surface area is 414 Å². The molecule has 0 aromatic heterocycles. The van der Waals surface area contributed by atoms with E-state index in [4.69, 9.17) is 23.7 Å². The molecule has 0 unspecified atom stereocenters. The molecule has 0 radical (unpaired) electrons. The number of rotatable bonds is 12. The molecule has 0 aliphatic carbocycles. The van der Waals surface area contributed by atoms with Gasteiger partial charge in [-0.2, -0.15) is 0 Å². The van der Waals surface area contributed by atoms with Gasteiger partial charge in [0.25, 0.3) is 0 Å². The Kier molecular flexibility index (Phi) is 20.7. The van der Waals surface area contributed by atoms with Crippen LogP contribution in [0.5, 0.6) is 57.5 Å². The summed E-state index contributed by atoms with van der Waals surface area (Å²) in [6.07, 6.45) is 0. The van der Waals surface area contributed by atoms with Crippen molar-refractivity contribution in [3.05, 3.63) is 226 Å². The normalized spacial score (nSPS) is 9.78. The molecule has 0 bridgehead atoms. The topological polar surface area (TPSA) is 244 Å². The summed E-state index contributed by atoms with van der Waals surface area (Å²) in [6.45, 7) is 2.00. The fourth-order valence-corrected chi connectivity index (χ4v) is 6.43. The number of ketones is 4. The van der Waals surface area contributed by atoms with Gasteiger partial charge < -0.3 is 54.4 Å². The Morgan fingerprint density at radius 2 is 0.514 bits per heavy atom. The van der Waals surface area contributed by atoms with Crippen LogP contribution in [0, 0.1) is 0 Å². The third-order valence-corrected chi connectivity index (χ3v) is 10.2. The monoisotopic (exact) mass is 974 g/mol. The minimum absolute atomic E-state index is 0.0711. The number of para-hydroxylation sites is 2. The molecule has 6 N–H and O–H groups in total. The van der Waals surface area contributed by atoms with Crippen LogP contribution in [0.4, 0.5) is 0 Å². The highest BCUT2D eigenvalue weighted by Gasteiger charge is 2.19. The lowest BCUT2D eigenvalue weighted by Gasteiger charge is -2.07. The number of carbonyl (C=O) groups is 5. The molecule has 8 rings (SSSR count). The predicted octanol–water partition coefficient (Wildman–Crippen LogP) is 9.75. The van der Waals surface area contributed by atoms with Crippen LogP contribution in [0.25, 0.3) is 0 Å². The van der Waals surface area contributed by atoms with Gasteiger partial charge in [0.15, 0.2) is 23.1 Å². The van der Waals surface area contributed by atoms with Gasteiger partial charge in [-0.1, -0.05) is 84.9 Å². The predicted molar refractivity (Wildman–Crippen MR) is 269 cm³/mol. The zero-order valence-electron chi connectivity index (χ0n) is 39.4. The lowest BCUT2D eigenvalue weighted by atomic mass is 10.0. The number of aromatic hydroxyl groups is 6. The van der Waals surface area contributed by atoms with Gasteiger partial charge in [0, 0.05) is 35.4 Å². The molecule has 0 saturated heterocycles. The van der Waals surface area contributed by atoms with Crippen LogP contribution in [-0.4, -0.2) is 89.0 Å². The summed E-state index contributed by atoms with van der Waals surface area (Å²) in [5, 5.41) is 58.2. The summed E-state index contributed by atoms with van der Waals surface area (Å²) in [6, 6.07) is 48.1. The number of benzene rings is 8. The van der Waals surface area contributed by atoms with Crippen molar-refractivity contribution in [3.8, 4) is 57.5 Å². The minimum atomic E-state index is -0.437. The largest absolute Gasteiger partial charge is 0.507 e. The Morgan fingerprint density at radius 1 is 0.292 bits per heavy atom. The zero-order chi connectivity index (χ0) is 52.7. The Morgan fingerprint density at radius 3 is 0.750 bits per heavy atom. The summed E-state index contributed by atoms with van der Waals surface area (Å²) in [4.78, 5) is 56.4. The van der Waals surface area contributed by atoms with Gasteiger partial charge in [-0.05, 0) is 72.8 Å². The average molecular weight is 975 g/mol. The minimum Gasteiger partial charge on any atom is -0.507 e. The first-order chi connectivity index (χ1) is 34.7. The Balaban J connectivity index is 0.000000206. The van der Waals surface area contributed by atoms with Crippen LogP contribution >= 0.6 is 0 Å². The second-order valence-corrected chi connectivity index (χ2v) is 14.6. The number of carbonyl (C=O) groups excluding carboxylic acids is 5. The van der Waals surface area contributed by atoms with E-state index >= 15 is 0 Å². The number of phenolic OH excluding ortho intramolecular Hbond substituents is 6. The molecule has 0 amide bonds. The number of phenols is 6. The van der Waals surface area contributed by atoms with Crippen LogP contribution in [-0.2, 0) is 4.79 Å². The van der Waals surface area contributed by atoms with E-state index in [9.17, 15) is 49.8 Å². The van der Waals surface area contributed by atoms with Gasteiger partial charge in [0.2, 0.25) is 0 Å². The molecule has 368 valence electrons. The first-order valence-corrected chi connectivity index (χ1v) is 21.3. The van der Waals surface area contributed by atoms with Crippen molar-refractivity contribution in [2.45, 2.75) is 0 Å². The van der Waals surface area contributed by atoms with Gasteiger partial charge in [-0.3, -0.25) is 19.2 Å². The third-order valence-electron chi connectivity index (χ3n) is 10.2. The molecule has 72 heavy (non-hydrogen) atoms. The van der Waals surface area contributed by atoms with E-state index in [1.54, 1.807) is 109 Å². The highest BCUT2D eigenvalue weighted by molar-refractivity contribution is 6.13. The van der Waals surface area contributed by atoms with E-state index in [2.05, 4.69) is 0 Å². The van der Waals surface area contributed by atoms with E-state index in [1.807, 2.05) is 18.9 Å². The van der Waals surface area contributed by atoms with Crippen molar-refractivity contribution in [2.24, 2.45) is 0 Å². The summed E-state index contributed by atoms with van der Waals surface area (Å²) < 4.78 is 19.8. The first-order valence-electron chi connectivity index (χ1n) is 21.3. The number of methoxy groups -OCH3 is 4. The van der Waals surface area contributed by atoms with E-state index in [1.165, 1.54) is 89.1 Å². The molecule has 0 aliphatic heterocycles. The van der Waals surface area contributed by atoms with Gasteiger partial charge in [0.1, 0.15) is 64.3 Å². The fourth-order valence-electron chi connectivity index (χ4n) is 6.43. The fraction of sp³-hybridized carbons (Fsp3) is 0.0702. The van der Waals surface area contributed by atoms with Gasteiger partial charge in [-0.25, -0.2) is 0 Å². The van der Waals surface area contributed by atoms with Crippen molar-refractivity contribution in [1.82, 2.24) is 0 Å². The molecule has 0 aliphatic rings. The molecule has 0 fully saturated rings. The standard InChI is InChI=1S/2C14H12O4.2C14H12O3.CH2O/c2*1-18-9-6-7-11(13(16)8-9)14(17)10-4-2-3-5-12(10)15;2*1-17-11-7-8-12(13(15)9-11)14(16)10-5-3-2-4-6-10;1-2/h2*2-8,15-16H,1H3;2*2-9,15H,1H3;1H2. The summed E-state index contributed by atoms with van der Waals surface area (Å²) >= 11 is 0. The number of ether oxygens (including phenoxy) is 4. The maximum atomic E-state index is 12.1. The molecule has 15 heteroatoms. The van der Waals surface area contributed by atoms with Crippen molar-refractivity contribution in [2.75, 3.05) is 28.4 Å². The second kappa shape index (κ2) is 27.2. The molecule has 0 saturated carbocycles. The lowest BCUT2D eigenvalue weighted by molar-refractivity contribution is -0.0980. The highest BCUT2D eigenvalue weighted by atomic mass is 16.5. The smallest absolute Gasteiger partial charge is 0.200 e. The van der Waals surface area contributed by atoms with E-state index < -0.39 is 11.6 Å². The third kappa shape index (κ3) is 14.6. The van der Waals surface area contributed by atoms with E-state index in [0.717, 1.165) is 0 Å². The summed E-state index contributed by atoms with van der Waals surface area (Å²) in [5.74, 6) is -0.0445. The highest BCUT2D eigenvalue weighted by Crippen LogP contribution is 2.31. The second-order valence-electron chi connectivity index (χ2n) is 14.6. The van der Waals surface area contributed by atoms with Gasteiger partial charge in [0.05, 0.1) is 61.8 Å². The SMILES string of the molecule is C=O.COc1ccc(C(=O)c2ccccc2)c(O)c1.COc1ccc(C(=O)c2ccccc2)c(O)c1.COc1ccc(C(=O)c2ccccc2O)c(O)c1.COc1ccc(C(=O)c2ccccc2O)c(O)c1. The summed E-state index contributed by atoms with van der Waals surface area (Å²) in [7, 11) is 5.96. The van der Waals surface area contributed by atoms with Crippen molar-refractivity contribution in [3.63, 3.8) is 0 Å². The van der Waals surface area contributed by atoms with Crippen LogP contribution in [0.3, 0.4) is 0 Å². The molecule has 0 heterocycles. The first kappa shape index (κ1) is 54.7. The molecule has 15 nitrogen and oxygen atoms in total. The Bertz CT molecular complexity index is 2890. The molecule has 8 aromatic carbocycles. The number of hydrogen-bond acceptors (Lipinski definition) is 15. The quantitative estimate of drug-likeness (QED) is 0.0624. The maximum absolute atomic E-state index is 12.1. The maximum Gasteiger partial charge on any atom is 0.200 e. The number of hydrogen-bond donors (Lipinski definition) is 6. The molecular weight excluding hydrogens is 925 g/mol. The Hall–Kier alpha value is -9.89. The van der Waals surface area contributed by atoms with Gasteiger partial charge >= 0.3 is 0 Å². The molecule has 0 atom stereocenters. The van der Waals surface area contributed by atoms with E-state index in [0.29, 0.717) is 34.1 Å². The van der Waals surface area contributed by atoms with Crippen LogP contribution in [0.2, 0.25) is 0 Å². The van der Waals surface area contributed by atoms with Crippen molar-refractivity contribution < 1.29 is 73.6 Å². The van der Waals surface area contributed by atoms with Gasteiger partial charge in [-0.15, -0.1) is 0 Å². The van der Waals surface area contributed by atoms with Crippen molar-refractivity contribution >= 4 is 29.9 Å². The molecule has 8 aromatic rings. The van der Waals surface area contributed by atoms with Crippen molar-refractivity contribution in [1.29, 1.82) is 0 Å².